The fourth-order valence-electron chi connectivity index (χ4n) is 1.20. The zero-order valence-electron chi connectivity index (χ0n) is 10.0. The summed E-state index contributed by atoms with van der Waals surface area (Å²) in [6, 6.07) is 1.76. The van der Waals surface area contributed by atoms with Gasteiger partial charge in [-0.15, -0.1) is 0 Å². The first-order valence-corrected chi connectivity index (χ1v) is 7.18. The normalized spacial score (nSPS) is 11.4. The maximum Gasteiger partial charge on any atom is 0.208 e. The van der Waals surface area contributed by atoms with E-state index < -0.39 is 10.0 Å². The van der Waals surface area contributed by atoms with Gasteiger partial charge in [-0.05, 0) is 18.9 Å². The molecular formula is C10H18N4O2S. The summed E-state index contributed by atoms with van der Waals surface area (Å²) in [6.45, 7) is 2.94. The van der Waals surface area contributed by atoms with E-state index in [1.807, 2.05) is 6.92 Å². The lowest BCUT2D eigenvalue weighted by Gasteiger charge is -2.07. The molecule has 7 heteroatoms. The molecule has 0 unspecified atom stereocenters. The van der Waals surface area contributed by atoms with Gasteiger partial charge in [-0.25, -0.2) is 18.1 Å². The smallest absolute Gasteiger partial charge is 0.208 e. The van der Waals surface area contributed by atoms with Crippen LogP contribution in [0.15, 0.2) is 12.3 Å². The molecule has 0 aliphatic carbocycles. The van der Waals surface area contributed by atoms with E-state index in [1.54, 1.807) is 12.3 Å². The van der Waals surface area contributed by atoms with Crippen LogP contribution in [0, 0.1) is 6.92 Å². The molecule has 1 heterocycles. The molecule has 1 rings (SSSR count). The van der Waals surface area contributed by atoms with Crippen molar-refractivity contribution in [2.75, 3.05) is 30.4 Å². The van der Waals surface area contributed by atoms with Crippen LogP contribution in [0.1, 0.15) is 12.0 Å². The van der Waals surface area contributed by atoms with Crippen molar-refractivity contribution in [1.82, 2.24) is 9.71 Å². The van der Waals surface area contributed by atoms with Gasteiger partial charge in [-0.3, -0.25) is 0 Å². The first-order chi connectivity index (χ1) is 7.88. The molecule has 0 bridgehead atoms. The largest absolute Gasteiger partial charge is 0.398 e. The molecule has 0 aliphatic heterocycles. The summed E-state index contributed by atoms with van der Waals surface area (Å²) in [5, 5.41) is 3.07. The molecule has 0 saturated carbocycles. The van der Waals surface area contributed by atoms with E-state index in [2.05, 4.69) is 15.0 Å². The molecular weight excluding hydrogens is 240 g/mol. The van der Waals surface area contributed by atoms with Crippen molar-refractivity contribution in [3.63, 3.8) is 0 Å². The predicted octanol–water partition coefficient (Wildman–Crippen LogP) is 0.323. The van der Waals surface area contributed by atoms with Gasteiger partial charge in [-0.2, -0.15) is 0 Å². The third-order valence-corrected chi connectivity index (χ3v) is 2.90. The van der Waals surface area contributed by atoms with Crippen LogP contribution in [-0.2, 0) is 10.0 Å². The molecule has 0 fully saturated rings. The van der Waals surface area contributed by atoms with Crippen molar-refractivity contribution in [3.8, 4) is 0 Å². The maximum atomic E-state index is 10.8. The van der Waals surface area contributed by atoms with E-state index in [1.165, 1.54) is 0 Å². The molecule has 96 valence electrons. The molecule has 0 amide bonds. The van der Waals surface area contributed by atoms with E-state index in [0.29, 0.717) is 31.0 Å². The topological polar surface area (TPSA) is 97.1 Å². The Hall–Kier alpha value is -1.34. The Morgan fingerprint density at radius 1 is 1.41 bits per heavy atom. The summed E-state index contributed by atoms with van der Waals surface area (Å²) < 4.78 is 24.0. The summed E-state index contributed by atoms with van der Waals surface area (Å²) >= 11 is 0. The zero-order chi connectivity index (χ0) is 12.9. The minimum absolute atomic E-state index is 0.410. The number of pyridine rings is 1. The van der Waals surface area contributed by atoms with Crippen LogP contribution >= 0.6 is 0 Å². The summed E-state index contributed by atoms with van der Waals surface area (Å²) in [6.07, 6.45) is 3.53. The van der Waals surface area contributed by atoms with Crippen LogP contribution in [0.4, 0.5) is 11.5 Å². The Morgan fingerprint density at radius 3 is 2.71 bits per heavy atom. The van der Waals surface area contributed by atoms with Gasteiger partial charge < -0.3 is 11.1 Å². The second-order valence-electron chi connectivity index (χ2n) is 3.87. The number of nitrogens with zero attached hydrogens (tertiary/aromatic N) is 1. The van der Waals surface area contributed by atoms with Gasteiger partial charge in [0, 0.05) is 31.0 Å². The minimum atomic E-state index is -3.09. The number of nitrogens with one attached hydrogen (secondary N) is 2. The number of nitrogens with two attached hydrogens (primary N) is 1. The third-order valence-electron chi connectivity index (χ3n) is 2.17. The monoisotopic (exact) mass is 258 g/mol. The molecule has 0 radical (unpaired) electrons. The SMILES string of the molecule is Cc1cnc(NCCCNS(C)(=O)=O)cc1N. The number of aromatic nitrogens is 1. The fourth-order valence-corrected chi connectivity index (χ4v) is 1.71. The molecule has 0 aromatic carbocycles. The van der Waals surface area contributed by atoms with Crippen LogP contribution in [0.3, 0.4) is 0 Å². The van der Waals surface area contributed by atoms with Crippen molar-refractivity contribution in [1.29, 1.82) is 0 Å². The van der Waals surface area contributed by atoms with Crippen molar-refractivity contribution in [2.24, 2.45) is 0 Å². The van der Waals surface area contributed by atoms with Crippen LogP contribution in [0.5, 0.6) is 0 Å². The lowest BCUT2D eigenvalue weighted by molar-refractivity contribution is 0.586. The average molecular weight is 258 g/mol. The standard InChI is InChI=1S/C10H18N4O2S/c1-8-7-13-10(6-9(8)11)12-4-3-5-14-17(2,15)16/h6-7,14H,3-5H2,1-2H3,(H3,11,12,13). The highest BCUT2D eigenvalue weighted by atomic mass is 32.2. The Kier molecular flexibility index (Phi) is 4.71. The number of anilines is 2. The van der Waals surface area contributed by atoms with E-state index in [9.17, 15) is 8.42 Å². The highest BCUT2D eigenvalue weighted by Crippen LogP contribution is 2.13. The summed E-state index contributed by atoms with van der Waals surface area (Å²) in [5.41, 5.74) is 7.37. The van der Waals surface area contributed by atoms with Gasteiger partial charge in [0.2, 0.25) is 10.0 Å². The summed E-state index contributed by atoms with van der Waals surface area (Å²) in [7, 11) is -3.09. The van der Waals surface area contributed by atoms with Crippen LogP contribution in [-0.4, -0.2) is 32.7 Å². The Morgan fingerprint density at radius 2 is 2.12 bits per heavy atom. The van der Waals surface area contributed by atoms with Gasteiger partial charge in [-0.1, -0.05) is 0 Å². The minimum Gasteiger partial charge on any atom is -0.398 e. The van der Waals surface area contributed by atoms with Crippen LogP contribution in [0.2, 0.25) is 0 Å². The van der Waals surface area contributed by atoms with E-state index in [4.69, 9.17) is 5.73 Å². The Balaban J connectivity index is 2.29. The second-order valence-corrected chi connectivity index (χ2v) is 5.71. The predicted molar refractivity (Wildman–Crippen MR) is 69.3 cm³/mol. The fraction of sp³-hybridized carbons (Fsp3) is 0.500. The molecule has 0 saturated heterocycles. The molecule has 0 atom stereocenters. The van der Waals surface area contributed by atoms with Gasteiger partial charge >= 0.3 is 0 Å². The van der Waals surface area contributed by atoms with Gasteiger partial charge in [0.25, 0.3) is 0 Å². The zero-order valence-corrected chi connectivity index (χ0v) is 10.8. The number of aryl methyl sites for hydroxylation is 1. The van der Waals surface area contributed by atoms with Crippen LogP contribution < -0.4 is 15.8 Å². The Labute approximate surface area is 102 Å². The highest BCUT2D eigenvalue weighted by Gasteiger charge is 2.00. The van der Waals surface area contributed by atoms with Crippen molar-refractivity contribution in [3.05, 3.63) is 17.8 Å². The molecule has 4 N–H and O–H groups in total. The lowest BCUT2D eigenvalue weighted by atomic mass is 10.2. The average Bonchev–Trinajstić information content (AvgIpc) is 2.21. The molecule has 1 aromatic rings. The molecule has 1 aromatic heterocycles. The third kappa shape index (κ3) is 5.50. The summed E-state index contributed by atoms with van der Waals surface area (Å²) in [5.74, 6) is 0.701. The number of rotatable bonds is 6. The van der Waals surface area contributed by atoms with Crippen molar-refractivity contribution >= 4 is 21.5 Å². The molecule has 0 aliphatic rings. The molecule has 0 spiro atoms. The number of nitrogen functional groups attached to an aromatic ring is 1. The first-order valence-electron chi connectivity index (χ1n) is 5.29. The number of sulfonamides is 1. The van der Waals surface area contributed by atoms with E-state index >= 15 is 0 Å². The highest BCUT2D eigenvalue weighted by molar-refractivity contribution is 7.88. The summed E-state index contributed by atoms with van der Waals surface area (Å²) in [4.78, 5) is 4.16. The van der Waals surface area contributed by atoms with E-state index in [-0.39, 0.29) is 0 Å². The van der Waals surface area contributed by atoms with Gasteiger partial charge in [0.15, 0.2) is 0 Å². The van der Waals surface area contributed by atoms with Crippen molar-refractivity contribution < 1.29 is 8.42 Å². The van der Waals surface area contributed by atoms with E-state index in [0.717, 1.165) is 11.8 Å². The van der Waals surface area contributed by atoms with Crippen LogP contribution in [0.25, 0.3) is 0 Å². The number of hydrogen-bond donors (Lipinski definition) is 3. The second kappa shape index (κ2) is 5.83. The maximum absolute atomic E-state index is 10.8. The van der Waals surface area contributed by atoms with Crippen molar-refractivity contribution in [2.45, 2.75) is 13.3 Å². The molecule has 17 heavy (non-hydrogen) atoms. The number of hydrogen-bond acceptors (Lipinski definition) is 5. The first kappa shape index (κ1) is 13.7. The quantitative estimate of drug-likeness (QED) is 0.639. The lowest BCUT2D eigenvalue weighted by Crippen LogP contribution is -2.24. The Bertz CT molecular complexity index is 473. The van der Waals surface area contributed by atoms with Gasteiger partial charge in [0.1, 0.15) is 5.82 Å². The molecule has 6 nitrogen and oxygen atoms in total. The van der Waals surface area contributed by atoms with Gasteiger partial charge in [0.05, 0.1) is 6.26 Å².